The second-order valence-corrected chi connectivity index (χ2v) is 5.54. The maximum absolute atomic E-state index is 12.2. The lowest BCUT2D eigenvalue weighted by Gasteiger charge is -2.07. The van der Waals surface area contributed by atoms with E-state index >= 15 is 0 Å². The molecule has 1 N–H and O–H groups in total. The molecule has 0 unspecified atom stereocenters. The molecule has 0 heterocycles. The highest BCUT2D eigenvalue weighted by Gasteiger charge is 2.10. The Balaban J connectivity index is 2.21. The van der Waals surface area contributed by atoms with Gasteiger partial charge in [-0.25, -0.2) is 4.79 Å². The van der Waals surface area contributed by atoms with Crippen LogP contribution in [0.3, 0.4) is 0 Å². The molecule has 0 aliphatic carbocycles. The molecule has 108 valence electrons. The summed E-state index contributed by atoms with van der Waals surface area (Å²) in [5, 5.41) is 3.16. The molecular weight excluding hydrogens is 358 g/mol. The molecule has 0 spiro atoms. The fourth-order valence-electron chi connectivity index (χ4n) is 1.73. The Morgan fingerprint density at radius 3 is 2.57 bits per heavy atom. The van der Waals surface area contributed by atoms with Crippen LogP contribution in [0.2, 0.25) is 5.02 Å². The summed E-state index contributed by atoms with van der Waals surface area (Å²) in [6.07, 6.45) is 0. The Kier molecular flexibility index (Phi) is 4.98. The van der Waals surface area contributed by atoms with Gasteiger partial charge in [-0.1, -0.05) is 33.6 Å². The largest absolute Gasteiger partial charge is 0.465 e. The maximum atomic E-state index is 12.2. The number of carbonyl (C=O) groups excluding carboxylic acids is 2. The van der Waals surface area contributed by atoms with Gasteiger partial charge >= 0.3 is 5.97 Å². The van der Waals surface area contributed by atoms with Crippen molar-refractivity contribution >= 4 is 45.1 Å². The number of halogens is 2. The predicted octanol–water partition coefficient (Wildman–Crippen LogP) is 4.14. The van der Waals surface area contributed by atoms with Gasteiger partial charge in [0.25, 0.3) is 5.91 Å². The summed E-state index contributed by atoms with van der Waals surface area (Å²) < 4.78 is 5.35. The third-order valence-electron chi connectivity index (χ3n) is 2.67. The van der Waals surface area contributed by atoms with Gasteiger partial charge in [-0.2, -0.15) is 0 Å². The summed E-state index contributed by atoms with van der Waals surface area (Å²) in [6, 6.07) is 11.4. The zero-order valence-electron chi connectivity index (χ0n) is 11.0. The smallest absolute Gasteiger partial charge is 0.337 e. The molecule has 21 heavy (non-hydrogen) atoms. The van der Waals surface area contributed by atoms with Crippen LogP contribution in [-0.4, -0.2) is 19.0 Å². The third-order valence-corrected chi connectivity index (χ3v) is 3.34. The zero-order chi connectivity index (χ0) is 15.4. The topological polar surface area (TPSA) is 55.4 Å². The van der Waals surface area contributed by atoms with Gasteiger partial charge in [0.1, 0.15) is 0 Å². The van der Waals surface area contributed by atoms with Crippen molar-refractivity contribution in [2.24, 2.45) is 0 Å². The molecule has 0 aliphatic rings. The lowest BCUT2D eigenvalue weighted by atomic mass is 10.1. The van der Waals surface area contributed by atoms with Crippen LogP contribution in [0.5, 0.6) is 0 Å². The Morgan fingerprint density at radius 1 is 1.14 bits per heavy atom. The molecule has 0 bridgehead atoms. The van der Waals surface area contributed by atoms with Crippen LogP contribution < -0.4 is 5.32 Å². The van der Waals surface area contributed by atoms with Crippen LogP contribution in [0.1, 0.15) is 20.7 Å². The zero-order valence-corrected chi connectivity index (χ0v) is 13.4. The molecular formula is C15H11BrClNO3. The first-order valence-corrected chi connectivity index (χ1v) is 7.12. The third kappa shape index (κ3) is 4.06. The molecule has 2 aromatic carbocycles. The first kappa shape index (κ1) is 15.5. The molecule has 2 aromatic rings. The van der Waals surface area contributed by atoms with E-state index in [1.54, 1.807) is 42.5 Å². The van der Waals surface area contributed by atoms with Crippen molar-refractivity contribution in [2.45, 2.75) is 0 Å². The molecule has 1 amide bonds. The van der Waals surface area contributed by atoms with Crippen molar-refractivity contribution < 1.29 is 14.3 Å². The minimum absolute atomic E-state index is 0.319. The Hall–Kier alpha value is -1.85. The highest BCUT2D eigenvalue weighted by Crippen LogP contribution is 2.21. The number of nitrogens with one attached hydrogen (secondary N) is 1. The lowest BCUT2D eigenvalue weighted by Crippen LogP contribution is -2.12. The van der Waals surface area contributed by atoms with Crippen LogP contribution >= 0.6 is 27.5 Å². The van der Waals surface area contributed by atoms with Gasteiger partial charge in [0, 0.05) is 20.7 Å². The molecule has 0 saturated carbocycles. The van der Waals surface area contributed by atoms with E-state index in [1.165, 1.54) is 7.11 Å². The van der Waals surface area contributed by atoms with E-state index in [4.69, 9.17) is 11.6 Å². The Bertz CT molecular complexity index is 683. The number of carbonyl (C=O) groups is 2. The van der Waals surface area contributed by atoms with Gasteiger partial charge in [-0.15, -0.1) is 0 Å². The molecule has 0 aliphatic heterocycles. The van der Waals surface area contributed by atoms with Crippen molar-refractivity contribution in [1.29, 1.82) is 0 Å². The van der Waals surface area contributed by atoms with E-state index in [0.29, 0.717) is 26.3 Å². The Morgan fingerprint density at radius 2 is 1.90 bits per heavy atom. The highest BCUT2D eigenvalue weighted by molar-refractivity contribution is 9.10. The molecule has 0 atom stereocenters. The van der Waals surface area contributed by atoms with Crippen LogP contribution in [0.15, 0.2) is 46.9 Å². The van der Waals surface area contributed by atoms with Gasteiger partial charge in [0.05, 0.1) is 12.7 Å². The highest BCUT2D eigenvalue weighted by atomic mass is 79.9. The number of benzene rings is 2. The lowest BCUT2D eigenvalue weighted by molar-refractivity contribution is 0.0600. The number of anilines is 1. The average Bonchev–Trinajstić information content (AvgIpc) is 2.45. The van der Waals surface area contributed by atoms with Crippen LogP contribution in [-0.2, 0) is 4.74 Å². The van der Waals surface area contributed by atoms with E-state index < -0.39 is 5.97 Å². The number of rotatable bonds is 3. The van der Waals surface area contributed by atoms with Crippen molar-refractivity contribution in [2.75, 3.05) is 12.4 Å². The van der Waals surface area contributed by atoms with Gasteiger partial charge in [-0.05, 0) is 36.4 Å². The van der Waals surface area contributed by atoms with Crippen molar-refractivity contribution in [3.63, 3.8) is 0 Å². The summed E-state index contributed by atoms with van der Waals surface area (Å²) >= 11 is 9.19. The van der Waals surface area contributed by atoms with Gasteiger partial charge in [0.2, 0.25) is 0 Å². The van der Waals surface area contributed by atoms with E-state index in [1.807, 2.05) is 0 Å². The quantitative estimate of drug-likeness (QED) is 0.828. The number of esters is 1. The van der Waals surface area contributed by atoms with Crippen molar-refractivity contribution in [3.05, 3.63) is 63.1 Å². The summed E-state index contributed by atoms with van der Waals surface area (Å²) in [4.78, 5) is 23.6. The second kappa shape index (κ2) is 6.74. The van der Waals surface area contributed by atoms with E-state index in [2.05, 4.69) is 26.0 Å². The normalized spacial score (nSPS) is 10.0. The minimum Gasteiger partial charge on any atom is -0.465 e. The summed E-state index contributed by atoms with van der Waals surface area (Å²) in [5.41, 5.74) is 1.28. The number of ether oxygens (including phenoxy) is 1. The molecule has 2 rings (SSSR count). The van der Waals surface area contributed by atoms with E-state index in [0.717, 1.165) is 0 Å². The number of hydrogen-bond acceptors (Lipinski definition) is 3. The molecule has 0 radical (unpaired) electrons. The first-order valence-electron chi connectivity index (χ1n) is 5.95. The summed E-state index contributed by atoms with van der Waals surface area (Å²) in [6.45, 7) is 0. The van der Waals surface area contributed by atoms with Gasteiger partial charge in [0.15, 0.2) is 0 Å². The van der Waals surface area contributed by atoms with E-state index in [9.17, 15) is 9.59 Å². The molecule has 6 heteroatoms. The summed E-state index contributed by atoms with van der Waals surface area (Å²) in [7, 11) is 1.30. The maximum Gasteiger partial charge on any atom is 0.337 e. The van der Waals surface area contributed by atoms with Crippen molar-refractivity contribution in [1.82, 2.24) is 0 Å². The van der Waals surface area contributed by atoms with Gasteiger partial charge < -0.3 is 10.1 Å². The average molecular weight is 369 g/mol. The van der Waals surface area contributed by atoms with Crippen LogP contribution in [0.4, 0.5) is 5.69 Å². The Labute approximate surface area is 135 Å². The van der Waals surface area contributed by atoms with Gasteiger partial charge in [-0.3, -0.25) is 4.79 Å². The van der Waals surface area contributed by atoms with E-state index in [-0.39, 0.29) is 5.91 Å². The molecule has 0 fully saturated rings. The predicted molar refractivity (Wildman–Crippen MR) is 84.9 cm³/mol. The fraction of sp³-hybridized carbons (Fsp3) is 0.0667. The van der Waals surface area contributed by atoms with Crippen LogP contribution in [0, 0.1) is 0 Å². The minimum atomic E-state index is -0.461. The fourth-order valence-corrected chi connectivity index (χ4v) is 2.59. The SMILES string of the molecule is COC(=O)c1cccc(NC(=O)c2cc(Cl)cc(Br)c2)c1. The molecule has 4 nitrogen and oxygen atoms in total. The first-order chi connectivity index (χ1) is 9.99. The monoisotopic (exact) mass is 367 g/mol. The van der Waals surface area contributed by atoms with Crippen LogP contribution in [0.25, 0.3) is 0 Å². The summed E-state index contributed by atoms with van der Waals surface area (Å²) in [5.74, 6) is -0.781. The van der Waals surface area contributed by atoms with Crippen molar-refractivity contribution in [3.8, 4) is 0 Å². The standard InChI is InChI=1S/C15H11BrClNO3/c1-21-15(20)9-3-2-4-13(7-9)18-14(19)10-5-11(16)8-12(17)6-10/h2-8H,1H3,(H,18,19). The molecule has 0 aromatic heterocycles. The number of amides is 1. The number of methoxy groups -OCH3 is 1. The second-order valence-electron chi connectivity index (χ2n) is 4.18. The number of hydrogen-bond donors (Lipinski definition) is 1. The molecule has 0 saturated heterocycles.